The SMILES string of the molecule is c1ccc2cc(-c3nc4c(nc3-n3c5ccc6cccc7c6c5c5c6c(ccc53)oc3cccc-7c36)sc3ccccc34)ccc2c1. The summed E-state index contributed by atoms with van der Waals surface area (Å²) in [4.78, 5) is 12.0. The van der Waals surface area contributed by atoms with E-state index in [0.29, 0.717) is 0 Å². The van der Waals surface area contributed by atoms with Crippen LogP contribution in [0.2, 0.25) is 0 Å². The third-order valence-corrected chi connectivity index (χ3v) is 11.2. The number of rotatable bonds is 2. The van der Waals surface area contributed by atoms with Crippen LogP contribution in [0.3, 0.4) is 0 Å². The van der Waals surface area contributed by atoms with Crippen molar-refractivity contribution in [1.29, 1.82) is 0 Å². The predicted octanol–water partition coefficient (Wildman–Crippen LogP) is 11.8. The standard InChI is InChI=1S/C42H21N3OS/c1-2-8-24-21-25(16-15-22(24)7-1)39-41(44-42-40(43-39)28-10-3-4-14-33(28)47-42)45-29-18-17-23-9-5-11-26-27-12-6-13-31-35(27)38-32(46-31)20-19-30(45)37(38)36(29)34(23)26/h1-21H. The lowest BCUT2D eigenvalue weighted by atomic mass is 9.95. The van der Waals surface area contributed by atoms with E-state index >= 15 is 0 Å². The highest BCUT2D eigenvalue weighted by Gasteiger charge is 2.28. The zero-order valence-corrected chi connectivity index (χ0v) is 25.6. The van der Waals surface area contributed by atoms with Crippen LogP contribution in [0.4, 0.5) is 0 Å². The molecule has 0 spiro atoms. The number of nitrogens with zero attached hydrogens (tertiary/aromatic N) is 3. The molecule has 0 saturated carbocycles. The van der Waals surface area contributed by atoms with Gasteiger partial charge in [0, 0.05) is 37.2 Å². The van der Waals surface area contributed by atoms with Crippen LogP contribution in [0.1, 0.15) is 0 Å². The first-order chi connectivity index (χ1) is 23.3. The van der Waals surface area contributed by atoms with Gasteiger partial charge in [-0.3, -0.25) is 4.57 Å². The van der Waals surface area contributed by atoms with E-state index in [1.165, 1.54) is 58.9 Å². The summed E-state index contributed by atoms with van der Waals surface area (Å²) in [6.07, 6.45) is 0. The normalized spacial score (nSPS) is 12.7. The zero-order valence-electron chi connectivity index (χ0n) is 24.8. The second-order valence-electron chi connectivity index (χ2n) is 12.5. The molecule has 4 aromatic heterocycles. The molecular formula is C42H21N3OS. The average Bonchev–Trinajstić information content (AvgIpc) is 3.76. The minimum atomic E-state index is 0.837. The van der Waals surface area contributed by atoms with Gasteiger partial charge in [0.2, 0.25) is 0 Å². The molecule has 1 aliphatic rings. The second-order valence-corrected chi connectivity index (χ2v) is 13.6. The molecular weight excluding hydrogens is 595 g/mol. The molecule has 216 valence electrons. The molecule has 0 radical (unpaired) electrons. The number of hydrogen-bond acceptors (Lipinski definition) is 4. The van der Waals surface area contributed by atoms with Crippen molar-refractivity contribution < 1.29 is 4.42 Å². The molecule has 0 N–H and O–H groups in total. The number of aromatic nitrogens is 3. The Morgan fingerprint density at radius 3 is 2.19 bits per heavy atom. The Labute approximate surface area is 270 Å². The summed E-state index contributed by atoms with van der Waals surface area (Å²) in [6.45, 7) is 0. The van der Waals surface area contributed by atoms with E-state index in [2.05, 4.69) is 132 Å². The highest BCUT2D eigenvalue weighted by atomic mass is 32.1. The van der Waals surface area contributed by atoms with Crippen molar-refractivity contribution >= 4 is 97.1 Å². The minimum absolute atomic E-state index is 0.837. The van der Waals surface area contributed by atoms with Gasteiger partial charge in [-0.05, 0) is 69.1 Å². The summed E-state index contributed by atoms with van der Waals surface area (Å²) in [7, 11) is 0. The maximum absolute atomic E-state index is 6.52. The van der Waals surface area contributed by atoms with Gasteiger partial charge in [-0.25, -0.2) is 9.97 Å². The van der Waals surface area contributed by atoms with Gasteiger partial charge in [0.1, 0.15) is 27.2 Å². The van der Waals surface area contributed by atoms with Gasteiger partial charge in [-0.2, -0.15) is 0 Å². The fourth-order valence-electron chi connectivity index (χ4n) is 8.15. The molecule has 0 bridgehead atoms. The van der Waals surface area contributed by atoms with Gasteiger partial charge in [0.15, 0.2) is 5.82 Å². The Kier molecular flexibility index (Phi) is 4.33. The Morgan fingerprint density at radius 2 is 1.26 bits per heavy atom. The van der Waals surface area contributed by atoms with Crippen LogP contribution in [0.5, 0.6) is 0 Å². The molecule has 0 atom stereocenters. The topological polar surface area (TPSA) is 43.9 Å². The van der Waals surface area contributed by atoms with Gasteiger partial charge >= 0.3 is 0 Å². The van der Waals surface area contributed by atoms with Crippen molar-refractivity contribution in [2.45, 2.75) is 0 Å². The molecule has 0 aliphatic heterocycles. The van der Waals surface area contributed by atoms with Crippen LogP contribution in [-0.4, -0.2) is 14.5 Å². The molecule has 0 saturated heterocycles. The van der Waals surface area contributed by atoms with Gasteiger partial charge < -0.3 is 4.42 Å². The first-order valence-electron chi connectivity index (χ1n) is 15.8. The molecule has 47 heavy (non-hydrogen) atoms. The molecule has 4 heterocycles. The van der Waals surface area contributed by atoms with Crippen molar-refractivity contribution in [1.82, 2.24) is 14.5 Å². The van der Waals surface area contributed by atoms with Crippen LogP contribution < -0.4 is 0 Å². The Balaban J connectivity index is 1.31. The summed E-state index contributed by atoms with van der Waals surface area (Å²) in [5.41, 5.74) is 9.36. The lowest BCUT2D eigenvalue weighted by Gasteiger charge is -2.14. The largest absolute Gasteiger partial charge is 0.456 e. The molecule has 12 rings (SSSR count). The van der Waals surface area contributed by atoms with Crippen molar-refractivity contribution in [2.24, 2.45) is 0 Å². The van der Waals surface area contributed by atoms with Crippen molar-refractivity contribution in [2.75, 3.05) is 0 Å². The van der Waals surface area contributed by atoms with Gasteiger partial charge in [0.25, 0.3) is 0 Å². The summed E-state index contributed by atoms with van der Waals surface area (Å²) < 4.78 is 10.1. The van der Waals surface area contributed by atoms with Gasteiger partial charge in [0.05, 0.1) is 11.0 Å². The molecule has 7 aromatic carbocycles. The lowest BCUT2D eigenvalue weighted by Crippen LogP contribution is -2.03. The second kappa shape index (κ2) is 8.40. The maximum atomic E-state index is 6.52. The van der Waals surface area contributed by atoms with Crippen molar-refractivity contribution in [3.8, 4) is 28.2 Å². The van der Waals surface area contributed by atoms with E-state index in [4.69, 9.17) is 14.4 Å². The third-order valence-electron chi connectivity index (χ3n) is 10.1. The Morgan fingerprint density at radius 1 is 0.532 bits per heavy atom. The lowest BCUT2D eigenvalue weighted by molar-refractivity contribution is 0.669. The number of fused-ring (bicyclic) bond motifs is 5. The molecule has 0 unspecified atom stereocenters. The summed E-state index contributed by atoms with van der Waals surface area (Å²) >= 11 is 1.70. The van der Waals surface area contributed by atoms with Gasteiger partial charge in [-0.15, -0.1) is 11.3 Å². The number of hydrogen-bond donors (Lipinski definition) is 0. The van der Waals surface area contributed by atoms with Crippen LogP contribution in [0.15, 0.2) is 132 Å². The Bertz CT molecular complexity index is 3200. The molecule has 0 amide bonds. The fraction of sp³-hybridized carbons (Fsp3) is 0. The number of benzene rings is 7. The van der Waals surface area contributed by atoms with E-state index in [1.807, 2.05) is 0 Å². The van der Waals surface area contributed by atoms with E-state index in [1.54, 1.807) is 11.3 Å². The molecule has 5 heteroatoms. The summed E-state index contributed by atoms with van der Waals surface area (Å²) in [5.74, 6) is 0.837. The first kappa shape index (κ1) is 24.2. The zero-order chi connectivity index (χ0) is 30.4. The van der Waals surface area contributed by atoms with E-state index < -0.39 is 0 Å². The summed E-state index contributed by atoms with van der Waals surface area (Å²) in [6, 6.07) is 45.6. The predicted molar refractivity (Wildman–Crippen MR) is 196 cm³/mol. The summed E-state index contributed by atoms with van der Waals surface area (Å²) in [5, 5.41) is 10.8. The van der Waals surface area contributed by atoms with Crippen LogP contribution in [0, 0.1) is 0 Å². The highest BCUT2D eigenvalue weighted by molar-refractivity contribution is 7.25. The average molecular weight is 616 g/mol. The number of thiophene rings is 1. The quantitative estimate of drug-likeness (QED) is 0.194. The first-order valence-corrected chi connectivity index (χ1v) is 16.7. The van der Waals surface area contributed by atoms with Gasteiger partial charge in [-0.1, -0.05) is 91.0 Å². The molecule has 0 fully saturated rings. The molecule has 11 aromatic rings. The maximum Gasteiger partial charge on any atom is 0.166 e. The Hall–Kier alpha value is -6.04. The van der Waals surface area contributed by atoms with Crippen LogP contribution >= 0.6 is 11.3 Å². The van der Waals surface area contributed by atoms with Crippen LogP contribution in [0.25, 0.3) is 114 Å². The smallest absolute Gasteiger partial charge is 0.166 e. The molecule has 1 aliphatic carbocycles. The van der Waals surface area contributed by atoms with Crippen molar-refractivity contribution in [3.63, 3.8) is 0 Å². The molecule has 4 nitrogen and oxygen atoms in total. The third kappa shape index (κ3) is 2.98. The fourth-order valence-corrected chi connectivity index (χ4v) is 9.17. The number of furan rings is 1. The highest BCUT2D eigenvalue weighted by Crippen LogP contribution is 2.51. The van der Waals surface area contributed by atoms with Crippen molar-refractivity contribution in [3.05, 3.63) is 127 Å². The van der Waals surface area contributed by atoms with E-state index in [-0.39, 0.29) is 0 Å². The monoisotopic (exact) mass is 615 g/mol. The van der Waals surface area contributed by atoms with Crippen LogP contribution in [-0.2, 0) is 0 Å². The van der Waals surface area contributed by atoms with E-state index in [9.17, 15) is 0 Å². The minimum Gasteiger partial charge on any atom is -0.456 e. The van der Waals surface area contributed by atoms with E-state index in [0.717, 1.165) is 55.0 Å².